The molecule has 4 fully saturated rings. The maximum Gasteiger partial charge on any atom is 0.288 e. The Morgan fingerprint density at radius 3 is 2.08 bits per heavy atom. The molecule has 0 aliphatic heterocycles. The summed E-state index contributed by atoms with van der Waals surface area (Å²) in [4.78, 5) is 30.2. The molecule has 1 aromatic heterocycles. The number of fused-ring (bicyclic) bond motifs is 1. The first kappa shape index (κ1) is 26.2. The lowest BCUT2D eigenvalue weighted by Gasteiger charge is -2.57. The molecule has 4 bridgehead atoms. The topological polar surface area (TPSA) is 71.1 Å². The van der Waals surface area contributed by atoms with Crippen molar-refractivity contribution < 1.29 is 9.59 Å². The summed E-state index contributed by atoms with van der Waals surface area (Å²) in [5, 5.41) is 1.19. The minimum absolute atomic E-state index is 0.126. The molecule has 0 spiro atoms. The van der Waals surface area contributed by atoms with E-state index in [2.05, 4.69) is 29.9 Å². The first-order valence-electron chi connectivity index (χ1n) is 15.1. The first-order chi connectivity index (χ1) is 18.1. The monoisotopic (exact) mass is 503 g/mol. The van der Waals surface area contributed by atoms with Crippen LogP contribution in [0.15, 0.2) is 30.3 Å². The van der Waals surface area contributed by atoms with Gasteiger partial charge in [0.05, 0.1) is 5.52 Å². The van der Waals surface area contributed by atoms with Crippen molar-refractivity contribution >= 4 is 22.7 Å². The lowest BCUT2D eigenvalue weighted by Crippen LogP contribution is -2.48. The summed E-state index contributed by atoms with van der Waals surface area (Å²) in [5.41, 5.74) is 8.04. The van der Waals surface area contributed by atoms with Crippen molar-refractivity contribution in [2.45, 2.75) is 115 Å². The Bertz CT molecular complexity index is 1060. The number of unbranched alkanes of at least 4 members (excludes halogenated alkanes) is 8. The van der Waals surface area contributed by atoms with E-state index in [9.17, 15) is 9.59 Å². The van der Waals surface area contributed by atoms with Crippen molar-refractivity contribution in [1.29, 1.82) is 0 Å². The zero-order chi connectivity index (χ0) is 25.7. The fourth-order valence-corrected chi connectivity index (χ4v) is 8.02. The van der Waals surface area contributed by atoms with E-state index in [4.69, 9.17) is 4.98 Å². The predicted molar refractivity (Wildman–Crippen MR) is 149 cm³/mol. The minimum Gasteiger partial charge on any atom is -0.273 e. The van der Waals surface area contributed by atoms with Gasteiger partial charge in [0, 0.05) is 11.8 Å². The van der Waals surface area contributed by atoms with Crippen LogP contribution >= 0.6 is 0 Å². The summed E-state index contributed by atoms with van der Waals surface area (Å²) in [6, 6.07) is 10.3. The Kier molecular flexibility index (Phi) is 8.46. The molecule has 1 aromatic carbocycles. The minimum atomic E-state index is -0.322. The van der Waals surface area contributed by atoms with Gasteiger partial charge in [0.25, 0.3) is 5.91 Å². The fourth-order valence-electron chi connectivity index (χ4n) is 8.02. The summed E-state index contributed by atoms with van der Waals surface area (Å²) < 4.78 is 0. The number of nitrogens with zero attached hydrogens (tertiary/aromatic N) is 1. The van der Waals surface area contributed by atoms with Gasteiger partial charge in [-0.2, -0.15) is 0 Å². The van der Waals surface area contributed by atoms with Crippen LogP contribution in [0.1, 0.15) is 126 Å². The highest BCUT2D eigenvalue weighted by Gasteiger charge is 2.52. The predicted octanol–water partition coefficient (Wildman–Crippen LogP) is 7.38. The van der Waals surface area contributed by atoms with Gasteiger partial charge in [-0.05, 0) is 85.8 Å². The van der Waals surface area contributed by atoms with Crippen LogP contribution in [0.2, 0.25) is 0 Å². The second-order valence-electron chi connectivity index (χ2n) is 12.4. The van der Waals surface area contributed by atoms with Gasteiger partial charge >= 0.3 is 0 Å². The van der Waals surface area contributed by atoms with Crippen LogP contribution in [0.5, 0.6) is 0 Å². The molecule has 2 aromatic rings. The number of aromatic nitrogens is 1. The first-order valence-corrected chi connectivity index (χ1v) is 15.1. The molecule has 4 aliphatic rings. The largest absolute Gasteiger partial charge is 0.288 e. The SMILES string of the molecule is CCCCCCCCCCCC(=O)NNC(=O)c1cc(C23CC4CC(CC(C4)C2)C3)c2ccccc2n1. The summed E-state index contributed by atoms with van der Waals surface area (Å²) in [5.74, 6) is 2.04. The smallest absolute Gasteiger partial charge is 0.273 e. The standard InChI is InChI=1S/C32H45N3O2/c1-2-3-4-5-6-7-8-9-10-15-30(36)34-35-31(37)29-19-27(26-13-11-12-14-28(26)33-29)32-20-23-16-24(21-32)18-25(17-23)22-32/h11-14,19,23-25H,2-10,15-18,20-22H2,1H3,(H,34,36)(H,35,37). The lowest BCUT2D eigenvalue weighted by atomic mass is 9.48. The number of hydrogen-bond acceptors (Lipinski definition) is 3. The average Bonchev–Trinajstić information content (AvgIpc) is 2.89. The number of para-hydroxylation sites is 1. The zero-order valence-corrected chi connectivity index (χ0v) is 22.7. The molecular formula is C32H45N3O2. The molecular weight excluding hydrogens is 458 g/mol. The molecule has 2 N–H and O–H groups in total. The normalized spacial score (nSPS) is 25.9. The van der Waals surface area contributed by atoms with Gasteiger partial charge in [0.15, 0.2) is 0 Å². The molecule has 2 amide bonds. The number of amides is 2. The van der Waals surface area contributed by atoms with Crippen molar-refractivity contribution in [2.24, 2.45) is 17.8 Å². The molecule has 5 heteroatoms. The second-order valence-corrected chi connectivity index (χ2v) is 12.4. The van der Waals surface area contributed by atoms with E-state index in [1.807, 2.05) is 18.2 Å². The van der Waals surface area contributed by atoms with Gasteiger partial charge in [-0.1, -0.05) is 76.5 Å². The maximum absolute atomic E-state index is 13.1. The number of benzene rings is 1. The summed E-state index contributed by atoms with van der Waals surface area (Å²) >= 11 is 0. The Morgan fingerprint density at radius 2 is 1.43 bits per heavy atom. The van der Waals surface area contributed by atoms with Crippen LogP contribution in [0.4, 0.5) is 0 Å². The van der Waals surface area contributed by atoms with E-state index in [0.717, 1.165) is 36.1 Å². The number of carbonyl (C=O) groups excluding carboxylic acids is 2. The molecule has 1 heterocycles. The lowest BCUT2D eigenvalue weighted by molar-refractivity contribution is -0.122. The summed E-state index contributed by atoms with van der Waals surface area (Å²) in [6.45, 7) is 2.24. The van der Waals surface area contributed by atoms with Crippen LogP contribution < -0.4 is 10.9 Å². The van der Waals surface area contributed by atoms with Crippen LogP contribution in [0.25, 0.3) is 10.9 Å². The van der Waals surface area contributed by atoms with Gasteiger partial charge in [-0.3, -0.25) is 20.4 Å². The van der Waals surface area contributed by atoms with Crippen LogP contribution in [0, 0.1) is 17.8 Å². The molecule has 0 unspecified atom stereocenters. The van der Waals surface area contributed by atoms with Crippen molar-refractivity contribution in [3.05, 3.63) is 41.6 Å². The van der Waals surface area contributed by atoms with Crippen LogP contribution in [-0.2, 0) is 10.2 Å². The van der Waals surface area contributed by atoms with Crippen molar-refractivity contribution in [2.75, 3.05) is 0 Å². The Labute approximate surface area is 222 Å². The molecule has 5 nitrogen and oxygen atoms in total. The number of hydrogen-bond donors (Lipinski definition) is 2. The quantitative estimate of drug-likeness (QED) is 0.234. The van der Waals surface area contributed by atoms with Crippen LogP contribution in [0.3, 0.4) is 0 Å². The highest BCUT2D eigenvalue weighted by Crippen LogP contribution is 2.61. The highest BCUT2D eigenvalue weighted by molar-refractivity contribution is 5.97. The molecule has 200 valence electrons. The molecule has 0 atom stereocenters. The van der Waals surface area contributed by atoms with E-state index in [1.54, 1.807) is 0 Å². The van der Waals surface area contributed by atoms with Gasteiger partial charge in [0.1, 0.15) is 5.69 Å². The Balaban J connectivity index is 1.16. The molecule has 6 rings (SSSR count). The summed E-state index contributed by atoms with van der Waals surface area (Å²) in [7, 11) is 0. The molecule has 37 heavy (non-hydrogen) atoms. The second kappa shape index (κ2) is 12.0. The maximum atomic E-state index is 13.1. The van der Waals surface area contributed by atoms with Gasteiger partial charge < -0.3 is 0 Å². The number of hydrazine groups is 1. The average molecular weight is 504 g/mol. The third-order valence-corrected chi connectivity index (χ3v) is 9.38. The van der Waals surface area contributed by atoms with E-state index < -0.39 is 0 Å². The molecule has 4 aliphatic carbocycles. The fraction of sp³-hybridized carbons (Fsp3) is 0.656. The van der Waals surface area contributed by atoms with E-state index in [-0.39, 0.29) is 17.2 Å². The van der Waals surface area contributed by atoms with Gasteiger partial charge in [0.2, 0.25) is 5.91 Å². The number of rotatable bonds is 12. The Morgan fingerprint density at radius 1 is 0.838 bits per heavy atom. The van der Waals surface area contributed by atoms with Gasteiger partial charge in [-0.25, -0.2) is 4.98 Å². The number of pyridine rings is 1. The van der Waals surface area contributed by atoms with E-state index >= 15 is 0 Å². The van der Waals surface area contributed by atoms with Crippen molar-refractivity contribution in [1.82, 2.24) is 15.8 Å². The molecule has 4 saturated carbocycles. The van der Waals surface area contributed by atoms with E-state index in [0.29, 0.717) is 12.1 Å². The highest BCUT2D eigenvalue weighted by atomic mass is 16.2. The molecule has 0 saturated heterocycles. The van der Waals surface area contributed by atoms with Crippen molar-refractivity contribution in [3.8, 4) is 0 Å². The summed E-state index contributed by atoms with van der Waals surface area (Å²) in [6.07, 6.45) is 19.3. The van der Waals surface area contributed by atoms with E-state index in [1.165, 1.54) is 94.4 Å². The third kappa shape index (κ3) is 6.18. The van der Waals surface area contributed by atoms with Crippen LogP contribution in [-0.4, -0.2) is 16.8 Å². The number of carbonyl (C=O) groups is 2. The third-order valence-electron chi connectivity index (χ3n) is 9.38. The number of nitrogens with one attached hydrogen (secondary N) is 2. The van der Waals surface area contributed by atoms with Crippen molar-refractivity contribution in [3.63, 3.8) is 0 Å². The molecule has 0 radical (unpaired) electrons. The Hall–Kier alpha value is -2.43. The zero-order valence-electron chi connectivity index (χ0n) is 22.7. The van der Waals surface area contributed by atoms with Gasteiger partial charge in [-0.15, -0.1) is 0 Å².